The van der Waals surface area contributed by atoms with Crippen LogP contribution in [0.2, 0.25) is 18.1 Å². The predicted molar refractivity (Wildman–Crippen MR) is 109 cm³/mol. The lowest BCUT2D eigenvalue weighted by Crippen LogP contribution is -2.45. The van der Waals surface area contributed by atoms with Crippen LogP contribution in [0.3, 0.4) is 0 Å². The van der Waals surface area contributed by atoms with E-state index in [9.17, 15) is 4.79 Å². The number of hydrogen-bond acceptors (Lipinski definition) is 4. The molecule has 26 heavy (non-hydrogen) atoms. The third-order valence-corrected chi connectivity index (χ3v) is 10.2. The van der Waals surface area contributed by atoms with E-state index in [1.165, 1.54) is 0 Å². The molecule has 0 bridgehead atoms. The van der Waals surface area contributed by atoms with E-state index in [1.807, 2.05) is 20.8 Å². The summed E-state index contributed by atoms with van der Waals surface area (Å²) in [4.78, 5) is 11.9. The van der Waals surface area contributed by atoms with E-state index in [4.69, 9.17) is 13.9 Å². The molecule has 0 radical (unpaired) electrons. The molecule has 5 nitrogen and oxygen atoms in total. The Morgan fingerprint density at radius 1 is 1.08 bits per heavy atom. The Hall–Kier alpha value is -0.593. The molecule has 0 spiro atoms. The first-order valence-electron chi connectivity index (χ1n) is 9.91. The summed E-state index contributed by atoms with van der Waals surface area (Å²) in [6, 6.07) is 0.194. The van der Waals surface area contributed by atoms with Crippen LogP contribution in [0.1, 0.15) is 67.2 Å². The fourth-order valence-corrected chi connectivity index (χ4v) is 4.03. The lowest BCUT2D eigenvalue weighted by Gasteiger charge is -2.39. The first-order chi connectivity index (χ1) is 11.7. The molecule has 6 heteroatoms. The van der Waals surface area contributed by atoms with Gasteiger partial charge in [-0.15, -0.1) is 0 Å². The molecule has 0 saturated heterocycles. The zero-order valence-electron chi connectivity index (χ0n) is 18.4. The fraction of sp³-hybridized carbons (Fsp3) is 0.950. The van der Waals surface area contributed by atoms with E-state index in [-0.39, 0.29) is 23.3 Å². The van der Waals surface area contributed by atoms with E-state index < -0.39 is 13.9 Å². The molecule has 0 aromatic heterocycles. The van der Waals surface area contributed by atoms with Crippen molar-refractivity contribution >= 4 is 14.4 Å². The van der Waals surface area contributed by atoms with Gasteiger partial charge in [0.05, 0.1) is 12.7 Å². The normalized spacial score (nSPS) is 23.4. The summed E-state index contributed by atoms with van der Waals surface area (Å²) in [5, 5.41) is 3.21. The van der Waals surface area contributed by atoms with Crippen molar-refractivity contribution in [3.05, 3.63) is 0 Å². The molecule has 1 amide bonds. The van der Waals surface area contributed by atoms with Crippen LogP contribution in [-0.4, -0.2) is 45.9 Å². The molecule has 1 aliphatic rings. The van der Waals surface area contributed by atoms with Gasteiger partial charge in [0.1, 0.15) is 5.60 Å². The van der Waals surface area contributed by atoms with Gasteiger partial charge < -0.3 is 19.2 Å². The molecule has 154 valence electrons. The van der Waals surface area contributed by atoms with Gasteiger partial charge in [-0.25, -0.2) is 4.79 Å². The Kier molecular flexibility index (Phi) is 8.17. The number of carbonyl (C=O) groups excluding carboxylic acids is 1. The van der Waals surface area contributed by atoms with Crippen LogP contribution < -0.4 is 5.32 Å². The number of methoxy groups -OCH3 is 1. The van der Waals surface area contributed by atoms with E-state index >= 15 is 0 Å². The second kappa shape index (κ2) is 9.07. The molecule has 0 aromatic rings. The molecule has 0 aromatic carbocycles. The van der Waals surface area contributed by atoms with Crippen LogP contribution in [0, 0.1) is 5.92 Å². The van der Waals surface area contributed by atoms with Crippen LogP contribution in [0.25, 0.3) is 0 Å². The van der Waals surface area contributed by atoms with Gasteiger partial charge in [-0.2, -0.15) is 0 Å². The number of rotatable bonds is 6. The topological polar surface area (TPSA) is 56.8 Å². The average molecular weight is 388 g/mol. The third kappa shape index (κ3) is 7.57. The predicted octanol–water partition coefficient (Wildman–Crippen LogP) is 5.11. The van der Waals surface area contributed by atoms with Crippen LogP contribution in [0.15, 0.2) is 0 Å². The van der Waals surface area contributed by atoms with Crippen molar-refractivity contribution in [3.8, 4) is 0 Å². The maximum absolute atomic E-state index is 11.9. The van der Waals surface area contributed by atoms with Crippen molar-refractivity contribution in [1.29, 1.82) is 0 Å². The second-order valence-corrected chi connectivity index (χ2v) is 14.9. The summed E-state index contributed by atoms with van der Waals surface area (Å²) in [6.45, 7) is 17.7. The van der Waals surface area contributed by atoms with Crippen molar-refractivity contribution in [1.82, 2.24) is 5.32 Å². The fourth-order valence-electron chi connectivity index (χ4n) is 3.01. The Morgan fingerprint density at radius 3 is 2.04 bits per heavy atom. The number of amides is 1. The molecule has 0 heterocycles. The van der Waals surface area contributed by atoms with Crippen LogP contribution >= 0.6 is 0 Å². The lowest BCUT2D eigenvalue weighted by atomic mass is 9.83. The highest BCUT2D eigenvalue weighted by molar-refractivity contribution is 6.74. The minimum Gasteiger partial charge on any atom is -0.444 e. The quantitative estimate of drug-likeness (QED) is 0.644. The Labute approximate surface area is 161 Å². The summed E-state index contributed by atoms with van der Waals surface area (Å²) < 4.78 is 17.5. The number of ether oxygens (including phenoxy) is 2. The molecular weight excluding hydrogens is 346 g/mol. The molecule has 0 aliphatic heterocycles. The monoisotopic (exact) mass is 387 g/mol. The Morgan fingerprint density at radius 2 is 1.62 bits per heavy atom. The highest BCUT2D eigenvalue weighted by atomic mass is 28.4. The van der Waals surface area contributed by atoms with Crippen LogP contribution in [0.5, 0.6) is 0 Å². The first kappa shape index (κ1) is 23.4. The Balaban J connectivity index is 2.46. The molecule has 0 unspecified atom stereocenters. The molecule has 1 N–H and O–H groups in total. The molecule has 1 saturated carbocycles. The van der Waals surface area contributed by atoms with E-state index in [1.54, 1.807) is 7.11 Å². The minimum absolute atomic E-state index is 0.131. The molecule has 1 fully saturated rings. The van der Waals surface area contributed by atoms with Gasteiger partial charge in [0, 0.05) is 13.2 Å². The standard InChI is InChI=1S/C20H41NO4Si/c1-19(2,3)25-18(22)21-16-12-10-15(11-13-16)17(23-7)14-24-26(8,9)20(4,5)6/h15-17H,10-14H2,1-9H3,(H,21,22)/t15?,16?,17-/m0/s1. The zero-order valence-corrected chi connectivity index (χ0v) is 19.4. The van der Waals surface area contributed by atoms with Crippen LogP contribution in [0.4, 0.5) is 4.79 Å². The average Bonchev–Trinajstić information content (AvgIpc) is 2.46. The first-order valence-corrected chi connectivity index (χ1v) is 12.8. The van der Waals surface area contributed by atoms with Crippen molar-refractivity contribution < 1.29 is 18.7 Å². The smallest absolute Gasteiger partial charge is 0.407 e. The maximum atomic E-state index is 11.9. The highest BCUT2D eigenvalue weighted by Gasteiger charge is 2.38. The molecule has 1 aliphatic carbocycles. The van der Waals surface area contributed by atoms with Crippen LogP contribution in [-0.2, 0) is 13.9 Å². The summed E-state index contributed by atoms with van der Waals surface area (Å²) >= 11 is 0. The minimum atomic E-state index is -1.76. The summed E-state index contributed by atoms with van der Waals surface area (Å²) in [6.07, 6.45) is 3.82. The van der Waals surface area contributed by atoms with Crippen molar-refractivity contribution in [2.45, 2.75) is 103 Å². The van der Waals surface area contributed by atoms with Gasteiger partial charge in [0.15, 0.2) is 8.32 Å². The van der Waals surface area contributed by atoms with Gasteiger partial charge in [0.25, 0.3) is 0 Å². The molecule has 1 rings (SSSR count). The molecular formula is C20H41NO4Si. The van der Waals surface area contributed by atoms with Crippen molar-refractivity contribution in [3.63, 3.8) is 0 Å². The van der Waals surface area contributed by atoms with Gasteiger partial charge >= 0.3 is 6.09 Å². The Bertz CT molecular complexity index is 446. The third-order valence-electron chi connectivity index (χ3n) is 5.74. The number of nitrogens with one attached hydrogen (secondary N) is 1. The van der Waals surface area contributed by atoms with E-state index in [2.05, 4.69) is 39.2 Å². The maximum Gasteiger partial charge on any atom is 0.407 e. The van der Waals surface area contributed by atoms with Gasteiger partial charge in [-0.3, -0.25) is 0 Å². The van der Waals surface area contributed by atoms with Gasteiger partial charge in [-0.05, 0) is 70.5 Å². The summed E-state index contributed by atoms with van der Waals surface area (Å²) in [5.74, 6) is 0.487. The second-order valence-electron chi connectivity index (χ2n) is 10.1. The van der Waals surface area contributed by atoms with Crippen molar-refractivity contribution in [2.24, 2.45) is 5.92 Å². The van der Waals surface area contributed by atoms with E-state index in [0.717, 1.165) is 25.7 Å². The van der Waals surface area contributed by atoms with E-state index in [0.29, 0.717) is 12.5 Å². The SMILES string of the molecule is CO[C@@H](CO[Si](C)(C)C(C)(C)C)C1CCC(NC(=O)OC(C)(C)C)CC1. The molecule has 1 atom stereocenters. The largest absolute Gasteiger partial charge is 0.444 e. The van der Waals surface area contributed by atoms with Crippen molar-refractivity contribution in [2.75, 3.05) is 13.7 Å². The van der Waals surface area contributed by atoms with Gasteiger partial charge in [0.2, 0.25) is 0 Å². The zero-order chi connectivity index (χ0) is 20.2. The van der Waals surface area contributed by atoms with Gasteiger partial charge in [-0.1, -0.05) is 20.8 Å². The lowest BCUT2D eigenvalue weighted by molar-refractivity contribution is -0.00393. The number of alkyl carbamates (subject to hydrolysis) is 1. The number of hydrogen-bond donors (Lipinski definition) is 1. The summed E-state index contributed by atoms with van der Waals surface area (Å²) in [7, 11) is 0.0232. The number of carbonyl (C=O) groups is 1. The summed E-state index contributed by atoms with van der Waals surface area (Å²) in [5.41, 5.74) is -0.455. The highest BCUT2D eigenvalue weighted by Crippen LogP contribution is 2.37.